The van der Waals surface area contributed by atoms with Gasteiger partial charge in [-0.1, -0.05) is 0 Å². The summed E-state index contributed by atoms with van der Waals surface area (Å²) in [6.45, 7) is 1.74. The molecule has 0 saturated heterocycles. The van der Waals surface area contributed by atoms with Crippen LogP contribution in [-0.2, 0) is 0 Å². The number of thiophene rings is 1. The fraction of sp³-hybridized carbons (Fsp3) is 0.0909. The molecule has 0 atom stereocenters. The van der Waals surface area contributed by atoms with Crippen LogP contribution < -0.4 is 5.32 Å². The molecule has 0 bridgehead atoms. The van der Waals surface area contributed by atoms with Crippen LogP contribution >= 0.6 is 11.3 Å². The molecule has 0 spiro atoms. The second kappa shape index (κ2) is 4.42. The Labute approximate surface area is 101 Å². The van der Waals surface area contributed by atoms with Crippen molar-refractivity contribution in [1.29, 1.82) is 0 Å². The van der Waals surface area contributed by atoms with E-state index in [9.17, 15) is 9.59 Å². The maximum Gasteiger partial charge on any atom is 0.348 e. The van der Waals surface area contributed by atoms with Crippen molar-refractivity contribution < 1.29 is 19.1 Å². The van der Waals surface area contributed by atoms with Crippen molar-refractivity contribution in [3.05, 3.63) is 40.0 Å². The molecule has 5 nitrogen and oxygen atoms in total. The summed E-state index contributed by atoms with van der Waals surface area (Å²) in [5, 5.41) is 13.2. The number of carbonyl (C=O) groups is 2. The van der Waals surface area contributed by atoms with Crippen LogP contribution in [0.1, 0.15) is 25.8 Å². The van der Waals surface area contributed by atoms with E-state index < -0.39 is 11.9 Å². The number of rotatable bonds is 3. The summed E-state index contributed by atoms with van der Waals surface area (Å²) in [5.74, 6) is -1.37. The van der Waals surface area contributed by atoms with Crippen LogP contribution in [0.4, 0.5) is 5.69 Å². The third kappa shape index (κ3) is 2.21. The first-order valence-electron chi connectivity index (χ1n) is 4.76. The summed E-state index contributed by atoms with van der Waals surface area (Å²) in [6.07, 6.45) is 1.38. The number of carboxylic acid groups (broad SMARTS) is 1. The molecule has 88 valence electrons. The Morgan fingerprint density at radius 2 is 2.24 bits per heavy atom. The molecular weight excluding hydrogens is 242 g/mol. The van der Waals surface area contributed by atoms with Crippen molar-refractivity contribution in [2.75, 3.05) is 5.32 Å². The zero-order valence-corrected chi connectivity index (χ0v) is 9.71. The van der Waals surface area contributed by atoms with Crippen LogP contribution in [0.3, 0.4) is 0 Å². The maximum absolute atomic E-state index is 11.7. The molecule has 0 radical (unpaired) electrons. The highest BCUT2D eigenvalue weighted by molar-refractivity contribution is 7.12. The quantitative estimate of drug-likeness (QED) is 0.878. The topological polar surface area (TPSA) is 79.5 Å². The lowest BCUT2D eigenvalue weighted by molar-refractivity contribution is 0.0703. The number of amides is 1. The number of hydrogen-bond donors (Lipinski definition) is 2. The van der Waals surface area contributed by atoms with Gasteiger partial charge in [-0.15, -0.1) is 11.3 Å². The van der Waals surface area contributed by atoms with Gasteiger partial charge in [-0.2, -0.15) is 0 Å². The SMILES string of the molecule is Cc1csc(C(=O)O)c1NC(=O)c1ccco1. The van der Waals surface area contributed by atoms with E-state index in [0.29, 0.717) is 11.3 Å². The first-order chi connectivity index (χ1) is 8.09. The molecule has 0 aliphatic carbocycles. The molecule has 2 rings (SSSR count). The van der Waals surface area contributed by atoms with Gasteiger partial charge in [-0.3, -0.25) is 4.79 Å². The number of aryl methyl sites for hydroxylation is 1. The van der Waals surface area contributed by atoms with E-state index >= 15 is 0 Å². The Morgan fingerprint density at radius 1 is 1.47 bits per heavy atom. The second-order valence-corrected chi connectivity index (χ2v) is 4.24. The highest BCUT2D eigenvalue weighted by Crippen LogP contribution is 2.28. The van der Waals surface area contributed by atoms with Gasteiger partial charge in [0.05, 0.1) is 12.0 Å². The molecule has 6 heteroatoms. The van der Waals surface area contributed by atoms with Crippen molar-refractivity contribution >= 4 is 28.9 Å². The molecule has 0 unspecified atom stereocenters. The van der Waals surface area contributed by atoms with Gasteiger partial charge in [0.2, 0.25) is 0 Å². The number of carboxylic acids is 1. The van der Waals surface area contributed by atoms with E-state index in [-0.39, 0.29) is 10.6 Å². The number of aromatic carboxylic acids is 1. The average molecular weight is 251 g/mol. The minimum absolute atomic E-state index is 0.113. The lowest BCUT2D eigenvalue weighted by Gasteiger charge is -2.03. The summed E-state index contributed by atoms with van der Waals surface area (Å²) >= 11 is 1.08. The van der Waals surface area contributed by atoms with Gasteiger partial charge in [-0.05, 0) is 30.0 Å². The highest BCUT2D eigenvalue weighted by atomic mass is 32.1. The standard InChI is InChI=1S/C11H9NO4S/c1-6-5-17-9(11(14)15)8(6)12-10(13)7-3-2-4-16-7/h2-5H,1H3,(H,12,13)(H,14,15). The third-order valence-electron chi connectivity index (χ3n) is 2.15. The molecule has 17 heavy (non-hydrogen) atoms. The Hall–Kier alpha value is -2.08. The molecule has 2 aromatic rings. The highest BCUT2D eigenvalue weighted by Gasteiger charge is 2.18. The van der Waals surface area contributed by atoms with Crippen molar-refractivity contribution in [3.8, 4) is 0 Å². The number of carbonyl (C=O) groups excluding carboxylic acids is 1. The van der Waals surface area contributed by atoms with Crippen LogP contribution in [0, 0.1) is 6.92 Å². The summed E-state index contributed by atoms with van der Waals surface area (Å²) in [4.78, 5) is 22.8. The zero-order valence-electron chi connectivity index (χ0n) is 8.89. The Kier molecular flexibility index (Phi) is 2.97. The van der Waals surface area contributed by atoms with E-state index in [4.69, 9.17) is 9.52 Å². The largest absolute Gasteiger partial charge is 0.477 e. The predicted molar refractivity (Wildman–Crippen MR) is 62.7 cm³/mol. The summed E-state index contributed by atoms with van der Waals surface area (Å²) in [6, 6.07) is 3.10. The van der Waals surface area contributed by atoms with Crippen molar-refractivity contribution in [2.45, 2.75) is 6.92 Å². The lowest BCUT2D eigenvalue weighted by Crippen LogP contribution is -2.13. The smallest absolute Gasteiger partial charge is 0.348 e. The first kappa shape index (κ1) is 11.4. The van der Waals surface area contributed by atoms with Gasteiger partial charge in [-0.25, -0.2) is 4.79 Å². The van der Waals surface area contributed by atoms with Gasteiger partial charge in [0.25, 0.3) is 5.91 Å². The maximum atomic E-state index is 11.7. The molecule has 0 saturated carbocycles. The van der Waals surface area contributed by atoms with Gasteiger partial charge in [0, 0.05) is 0 Å². The van der Waals surface area contributed by atoms with Gasteiger partial charge >= 0.3 is 5.97 Å². The Balaban J connectivity index is 2.27. The van der Waals surface area contributed by atoms with Crippen LogP contribution in [0.2, 0.25) is 0 Å². The Bertz CT molecular complexity index is 556. The summed E-state index contributed by atoms with van der Waals surface area (Å²) in [7, 11) is 0. The van der Waals surface area contributed by atoms with E-state index in [0.717, 1.165) is 11.3 Å². The van der Waals surface area contributed by atoms with E-state index in [1.165, 1.54) is 12.3 Å². The van der Waals surface area contributed by atoms with Crippen LogP contribution in [0.5, 0.6) is 0 Å². The first-order valence-corrected chi connectivity index (χ1v) is 5.64. The van der Waals surface area contributed by atoms with Crippen molar-refractivity contribution in [2.24, 2.45) is 0 Å². The zero-order chi connectivity index (χ0) is 12.4. The monoisotopic (exact) mass is 251 g/mol. The van der Waals surface area contributed by atoms with Gasteiger partial charge in [0.1, 0.15) is 4.88 Å². The molecule has 2 heterocycles. The number of anilines is 1. The average Bonchev–Trinajstić information content (AvgIpc) is 2.89. The minimum Gasteiger partial charge on any atom is -0.477 e. The fourth-order valence-corrected chi connectivity index (χ4v) is 2.18. The molecular formula is C11H9NO4S. The van der Waals surface area contributed by atoms with Crippen LogP contribution in [0.15, 0.2) is 28.2 Å². The van der Waals surface area contributed by atoms with E-state index in [1.54, 1.807) is 18.4 Å². The van der Waals surface area contributed by atoms with E-state index in [1.807, 2.05) is 0 Å². The van der Waals surface area contributed by atoms with Crippen LogP contribution in [0.25, 0.3) is 0 Å². The molecule has 1 amide bonds. The summed E-state index contributed by atoms with van der Waals surface area (Å²) in [5.41, 5.74) is 1.04. The number of furan rings is 1. The summed E-state index contributed by atoms with van der Waals surface area (Å²) < 4.78 is 4.93. The van der Waals surface area contributed by atoms with Gasteiger partial charge < -0.3 is 14.8 Å². The predicted octanol–water partition coefficient (Wildman–Crippen LogP) is 2.60. The number of nitrogens with one attached hydrogen (secondary N) is 1. The molecule has 0 aliphatic heterocycles. The van der Waals surface area contributed by atoms with Crippen LogP contribution in [-0.4, -0.2) is 17.0 Å². The Morgan fingerprint density at radius 3 is 2.82 bits per heavy atom. The van der Waals surface area contributed by atoms with E-state index in [2.05, 4.69) is 5.32 Å². The lowest BCUT2D eigenvalue weighted by atomic mass is 10.2. The number of hydrogen-bond acceptors (Lipinski definition) is 4. The third-order valence-corrected chi connectivity index (χ3v) is 3.24. The van der Waals surface area contributed by atoms with Crippen molar-refractivity contribution in [1.82, 2.24) is 0 Å². The van der Waals surface area contributed by atoms with Crippen molar-refractivity contribution in [3.63, 3.8) is 0 Å². The molecule has 2 N–H and O–H groups in total. The minimum atomic E-state index is -1.06. The molecule has 0 fully saturated rings. The van der Waals surface area contributed by atoms with Gasteiger partial charge in [0.15, 0.2) is 5.76 Å². The molecule has 2 aromatic heterocycles. The normalized spacial score (nSPS) is 10.2. The molecule has 0 aromatic carbocycles. The fourth-order valence-electron chi connectivity index (χ4n) is 1.34. The molecule has 0 aliphatic rings. The second-order valence-electron chi connectivity index (χ2n) is 3.36.